The second-order valence-corrected chi connectivity index (χ2v) is 4.84. The lowest BCUT2D eigenvalue weighted by atomic mass is 10.1. The molecule has 0 fully saturated rings. The van der Waals surface area contributed by atoms with Crippen LogP contribution in [0.15, 0.2) is 36.8 Å². The summed E-state index contributed by atoms with van der Waals surface area (Å²) in [6.07, 6.45) is 2.53. The van der Waals surface area contributed by atoms with Gasteiger partial charge in [-0.15, -0.1) is 0 Å². The molecule has 1 aromatic heterocycles. The van der Waals surface area contributed by atoms with Crippen LogP contribution in [0.25, 0.3) is 0 Å². The SMILES string of the molecule is COc1ccc([C@H](C(=O)N(C)C)n2cnc([N+](=O)[O-])c2)cc1. The van der Waals surface area contributed by atoms with E-state index in [2.05, 4.69) is 4.98 Å². The van der Waals surface area contributed by atoms with E-state index >= 15 is 0 Å². The second kappa shape index (κ2) is 6.25. The van der Waals surface area contributed by atoms with Crippen molar-refractivity contribution in [2.45, 2.75) is 6.04 Å². The first-order valence-electron chi connectivity index (χ1n) is 6.47. The van der Waals surface area contributed by atoms with E-state index < -0.39 is 11.0 Å². The Bertz CT molecular complexity index is 678. The van der Waals surface area contributed by atoms with Gasteiger partial charge < -0.3 is 19.8 Å². The van der Waals surface area contributed by atoms with E-state index in [4.69, 9.17) is 4.74 Å². The molecular weight excluding hydrogens is 288 g/mol. The zero-order valence-electron chi connectivity index (χ0n) is 12.5. The number of nitrogens with zero attached hydrogens (tertiary/aromatic N) is 4. The van der Waals surface area contributed by atoms with Gasteiger partial charge in [-0.2, -0.15) is 0 Å². The number of nitro groups is 1. The number of hydrogen-bond donors (Lipinski definition) is 0. The number of likely N-dealkylation sites (N-methyl/N-ethyl adjacent to an activating group) is 1. The van der Waals surface area contributed by atoms with Gasteiger partial charge in [0.15, 0.2) is 0 Å². The van der Waals surface area contributed by atoms with Crippen molar-refractivity contribution in [3.63, 3.8) is 0 Å². The molecule has 0 N–H and O–H groups in total. The molecule has 0 aliphatic rings. The number of aromatic nitrogens is 2. The predicted molar refractivity (Wildman–Crippen MR) is 78.7 cm³/mol. The van der Waals surface area contributed by atoms with Crippen molar-refractivity contribution >= 4 is 11.7 Å². The third kappa shape index (κ3) is 3.05. The number of amides is 1. The lowest BCUT2D eigenvalue weighted by Crippen LogP contribution is -2.31. The smallest absolute Gasteiger partial charge is 0.381 e. The van der Waals surface area contributed by atoms with E-state index in [1.807, 2.05) is 0 Å². The molecule has 116 valence electrons. The van der Waals surface area contributed by atoms with Gasteiger partial charge in [-0.3, -0.25) is 9.36 Å². The van der Waals surface area contributed by atoms with Crippen molar-refractivity contribution in [2.75, 3.05) is 21.2 Å². The number of carbonyl (C=O) groups is 1. The normalized spacial score (nSPS) is 11.8. The average Bonchev–Trinajstić information content (AvgIpc) is 2.98. The van der Waals surface area contributed by atoms with Gasteiger partial charge in [-0.05, 0) is 27.6 Å². The van der Waals surface area contributed by atoms with Crippen LogP contribution in [-0.2, 0) is 4.79 Å². The fourth-order valence-corrected chi connectivity index (χ4v) is 2.03. The number of benzene rings is 1. The first-order chi connectivity index (χ1) is 10.4. The number of carbonyl (C=O) groups excluding carboxylic acids is 1. The van der Waals surface area contributed by atoms with Gasteiger partial charge in [0.25, 0.3) is 0 Å². The van der Waals surface area contributed by atoms with E-state index in [1.165, 1.54) is 22.0 Å². The van der Waals surface area contributed by atoms with E-state index in [-0.39, 0.29) is 11.7 Å². The van der Waals surface area contributed by atoms with Crippen molar-refractivity contribution in [1.29, 1.82) is 0 Å². The average molecular weight is 304 g/mol. The van der Waals surface area contributed by atoms with Crippen LogP contribution in [0.4, 0.5) is 5.82 Å². The second-order valence-electron chi connectivity index (χ2n) is 4.84. The maximum Gasteiger partial charge on any atom is 0.381 e. The molecule has 0 unspecified atom stereocenters. The number of hydrogen-bond acceptors (Lipinski definition) is 5. The van der Waals surface area contributed by atoms with Crippen LogP contribution < -0.4 is 4.74 Å². The summed E-state index contributed by atoms with van der Waals surface area (Å²) >= 11 is 0. The summed E-state index contributed by atoms with van der Waals surface area (Å²) in [5.74, 6) is 0.152. The van der Waals surface area contributed by atoms with Crippen LogP contribution in [0.1, 0.15) is 11.6 Å². The van der Waals surface area contributed by atoms with Crippen LogP contribution in [0.5, 0.6) is 5.75 Å². The van der Waals surface area contributed by atoms with E-state index in [1.54, 1.807) is 45.5 Å². The predicted octanol–water partition coefficient (Wildman–Crippen LogP) is 1.48. The topological polar surface area (TPSA) is 90.5 Å². The largest absolute Gasteiger partial charge is 0.497 e. The Hall–Kier alpha value is -2.90. The molecule has 1 heterocycles. The number of methoxy groups -OCH3 is 1. The molecule has 8 nitrogen and oxygen atoms in total. The quantitative estimate of drug-likeness (QED) is 0.616. The molecule has 0 radical (unpaired) electrons. The molecule has 2 aromatic rings. The summed E-state index contributed by atoms with van der Waals surface area (Å²) in [4.78, 5) is 27.8. The fraction of sp³-hybridized carbons (Fsp3) is 0.286. The van der Waals surface area contributed by atoms with Crippen molar-refractivity contribution in [2.24, 2.45) is 0 Å². The minimum absolute atomic E-state index is 0.211. The summed E-state index contributed by atoms with van der Waals surface area (Å²) in [6, 6.07) is 6.24. The summed E-state index contributed by atoms with van der Waals surface area (Å²) < 4.78 is 6.53. The van der Waals surface area contributed by atoms with Crippen LogP contribution >= 0.6 is 0 Å². The lowest BCUT2D eigenvalue weighted by molar-refractivity contribution is -0.389. The summed E-state index contributed by atoms with van der Waals surface area (Å²) in [5.41, 5.74) is 0.687. The molecule has 8 heteroatoms. The molecule has 0 bridgehead atoms. The Labute approximate surface area is 127 Å². The van der Waals surface area contributed by atoms with Gasteiger partial charge in [0, 0.05) is 14.1 Å². The number of imidazole rings is 1. The third-order valence-electron chi connectivity index (χ3n) is 3.18. The Morgan fingerprint density at radius 1 is 1.36 bits per heavy atom. The van der Waals surface area contributed by atoms with E-state index in [0.717, 1.165) is 0 Å². The Kier molecular flexibility index (Phi) is 4.40. The minimum Gasteiger partial charge on any atom is -0.497 e. The van der Waals surface area contributed by atoms with Gasteiger partial charge in [0.1, 0.15) is 18.0 Å². The van der Waals surface area contributed by atoms with Gasteiger partial charge in [-0.25, -0.2) is 0 Å². The van der Waals surface area contributed by atoms with Crippen molar-refractivity contribution in [3.8, 4) is 5.75 Å². The van der Waals surface area contributed by atoms with Crippen LogP contribution in [0, 0.1) is 10.1 Å². The summed E-state index contributed by atoms with van der Waals surface area (Å²) in [5, 5.41) is 10.8. The molecule has 1 atom stereocenters. The van der Waals surface area contributed by atoms with Gasteiger partial charge >= 0.3 is 5.82 Å². The standard InChI is InChI=1S/C14H16N4O4/c1-16(2)14(19)13(10-4-6-11(22-3)7-5-10)17-8-12(15-9-17)18(20)21/h4-9,13H,1-3H3/t13-/m1/s1. The van der Waals surface area contributed by atoms with E-state index in [0.29, 0.717) is 11.3 Å². The molecular formula is C14H16N4O4. The van der Waals surface area contributed by atoms with Gasteiger partial charge in [0.05, 0.1) is 7.11 Å². The Balaban J connectivity index is 2.45. The number of ether oxygens (including phenoxy) is 1. The molecule has 0 saturated carbocycles. The molecule has 2 rings (SSSR count). The summed E-state index contributed by atoms with van der Waals surface area (Å²) in [6.45, 7) is 0. The highest BCUT2D eigenvalue weighted by molar-refractivity contribution is 5.83. The summed E-state index contributed by atoms with van der Waals surface area (Å²) in [7, 11) is 4.81. The zero-order valence-corrected chi connectivity index (χ0v) is 12.5. The van der Waals surface area contributed by atoms with Gasteiger partial charge in [-0.1, -0.05) is 12.1 Å². The molecule has 0 aliphatic carbocycles. The monoisotopic (exact) mass is 304 g/mol. The van der Waals surface area contributed by atoms with Crippen LogP contribution in [-0.4, -0.2) is 46.5 Å². The highest BCUT2D eigenvalue weighted by Gasteiger charge is 2.26. The zero-order chi connectivity index (χ0) is 16.3. The van der Waals surface area contributed by atoms with Crippen molar-refractivity contribution in [1.82, 2.24) is 14.5 Å². The van der Waals surface area contributed by atoms with Crippen molar-refractivity contribution in [3.05, 3.63) is 52.5 Å². The molecule has 0 saturated heterocycles. The van der Waals surface area contributed by atoms with Crippen LogP contribution in [0.3, 0.4) is 0 Å². The molecule has 1 aromatic carbocycles. The number of rotatable bonds is 5. The Morgan fingerprint density at radius 2 is 2.00 bits per heavy atom. The maximum absolute atomic E-state index is 12.5. The highest BCUT2D eigenvalue weighted by Crippen LogP contribution is 2.24. The Morgan fingerprint density at radius 3 is 2.45 bits per heavy atom. The molecule has 0 aliphatic heterocycles. The lowest BCUT2D eigenvalue weighted by Gasteiger charge is -2.21. The fourth-order valence-electron chi connectivity index (χ4n) is 2.03. The minimum atomic E-state index is -0.720. The van der Waals surface area contributed by atoms with Gasteiger partial charge in [0.2, 0.25) is 12.2 Å². The maximum atomic E-state index is 12.5. The third-order valence-corrected chi connectivity index (χ3v) is 3.18. The van der Waals surface area contributed by atoms with Crippen LogP contribution in [0.2, 0.25) is 0 Å². The molecule has 0 spiro atoms. The first kappa shape index (κ1) is 15.5. The molecule has 1 amide bonds. The van der Waals surface area contributed by atoms with Crippen molar-refractivity contribution < 1.29 is 14.5 Å². The molecule has 22 heavy (non-hydrogen) atoms. The first-order valence-corrected chi connectivity index (χ1v) is 6.47. The van der Waals surface area contributed by atoms with E-state index in [9.17, 15) is 14.9 Å². The highest BCUT2D eigenvalue weighted by atomic mass is 16.6.